The van der Waals surface area contributed by atoms with Gasteiger partial charge in [-0.2, -0.15) is 0 Å². The maximum Gasteiger partial charge on any atom is 0.166 e. The van der Waals surface area contributed by atoms with Gasteiger partial charge in [0.2, 0.25) is 0 Å². The van der Waals surface area contributed by atoms with Crippen LogP contribution in [0, 0.1) is 5.92 Å². The summed E-state index contributed by atoms with van der Waals surface area (Å²) in [4.78, 5) is 11.6. The Hall–Kier alpha value is -1.35. The molecule has 0 bridgehead atoms. The first kappa shape index (κ1) is 11.1. The maximum absolute atomic E-state index is 11.6. The first-order valence-corrected chi connectivity index (χ1v) is 5.56. The second-order valence-corrected chi connectivity index (χ2v) is 4.13. The van der Waals surface area contributed by atoms with Crippen LogP contribution in [0.4, 0.5) is 0 Å². The van der Waals surface area contributed by atoms with Gasteiger partial charge in [-0.1, -0.05) is 12.2 Å². The zero-order chi connectivity index (χ0) is 11.4. The Balaban J connectivity index is 1.83. The molecule has 3 heteroatoms. The van der Waals surface area contributed by atoms with Crippen LogP contribution in [0.3, 0.4) is 0 Å². The monoisotopic (exact) mass is 220 g/mol. The third kappa shape index (κ3) is 2.83. The topological polar surface area (TPSA) is 35.5 Å². The van der Waals surface area contributed by atoms with Crippen LogP contribution in [0.2, 0.25) is 0 Å². The second-order valence-electron chi connectivity index (χ2n) is 4.13. The average molecular weight is 220 g/mol. The van der Waals surface area contributed by atoms with E-state index >= 15 is 0 Å². The first-order valence-electron chi connectivity index (χ1n) is 5.56. The summed E-state index contributed by atoms with van der Waals surface area (Å²) in [6.45, 7) is 3.33. The fourth-order valence-corrected chi connectivity index (χ4v) is 1.74. The molecule has 3 nitrogen and oxygen atoms in total. The molecule has 0 aromatic rings. The SMILES string of the molecule is CC1=CC(=O)C(C=COC2CCOC2)C=C1. The summed E-state index contributed by atoms with van der Waals surface area (Å²) >= 11 is 0. The van der Waals surface area contributed by atoms with Crippen molar-refractivity contribution in [2.45, 2.75) is 19.4 Å². The van der Waals surface area contributed by atoms with Crippen LogP contribution in [0.5, 0.6) is 0 Å². The standard InChI is InChI=1S/C13H16O3/c1-10-2-3-11(13(14)8-10)4-7-16-12-5-6-15-9-12/h2-4,7-8,11-12H,5-6,9H2,1H3. The van der Waals surface area contributed by atoms with Gasteiger partial charge in [-0.15, -0.1) is 0 Å². The van der Waals surface area contributed by atoms with E-state index in [1.165, 1.54) is 0 Å². The summed E-state index contributed by atoms with van der Waals surface area (Å²) in [6.07, 6.45) is 10.0. The van der Waals surface area contributed by atoms with Crippen molar-refractivity contribution >= 4 is 5.78 Å². The van der Waals surface area contributed by atoms with Crippen LogP contribution in [-0.2, 0) is 14.3 Å². The van der Waals surface area contributed by atoms with Gasteiger partial charge in [0.15, 0.2) is 5.78 Å². The quantitative estimate of drug-likeness (QED) is 0.682. The number of allylic oxidation sites excluding steroid dienone is 5. The largest absolute Gasteiger partial charge is 0.496 e. The van der Waals surface area contributed by atoms with Gasteiger partial charge in [0.05, 0.1) is 25.4 Å². The molecule has 86 valence electrons. The molecule has 0 aromatic heterocycles. The van der Waals surface area contributed by atoms with E-state index in [0.29, 0.717) is 6.61 Å². The molecule has 0 saturated carbocycles. The van der Waals surface area contributed by atoms with E-state index in [-0.39, 0.29) is 17.8 Å². The molecule has 0 N–H and O–H groups in total. The highest BCUT2D eigenvalue weighted by Crippen LogP contribution is 2.15. The van der Waals surface area contributed by atoms with E-state index in [1.54, 1.807) is 18.4 Å². The van der Waals surface area contributed by atoms with Crippen molar-refractivity contribution in [3.8, 4) is 0 Å². The average Bonchev–Trinajstić information content (AvgIpc) is 2.74. The van der Waals surface area contributed by atoms with Crippen molar-refractivity contribution in [1.29, 1.82) is 0 Å². The molecule has 1 aliphatic carbocycles. The number of ketones is 1. The number of carbonyl (C=O) groups excluding carboxylic acids is 1. The van der Waals surface area contributed by atoms with Gasteiger partial charge in [0, 0.05) is 6.42 Å². The number of rotatable bonds is 3. The van der Waals surface area contributed by atoms with Gasteiger partial charge < -0.3 is 9.47 Å². The molecule has 2 unspecified atom stereocenters. The summed E-state index contributed by atoms with van der Waals surface area (Å²) in [5, 5.41) is 0. The van der Waals surface area contributed by atoms with E-state index in [4.69, 9.17) is 9.47 Å². The van der Waals surface area contributed by atoms with Gasteiger partial charge in [0.25, 0.3) is 0 Å². The summed E-state index contributed by atoms with van der Waals surface area (Å²) in [6, 6.07) is 0. The minimum atomic E-state index is -0.175. The zero-order valence-electron chi connectivity index (χ0n) is 9.39. The highest BCUT2D eigenvalue weighted by atomic mass is 16.5. The Morgan fingerprint density at radius 3 is 3.12 bits per heavy atom. The van der Waals surface area contributed by atoms with E-state index in [1.807, 2.05) is 19.1 Å². The third-order valence-electron chi connectivity index (χ3n) is 2.71. The molecule has 1 aliphatic heterocycles. The fourth-order valence-electron chi connectivity index (χ4n) is 1.74. The van der Waals surface area contributed by atoms with Crippen LogP contribution < -0.4 is 0 Å². The van der Waals surface area contributed by atoms with Crippen molar-refractivity contribution in [3.05, 3.63) is 36.1 Å². The van der Waals surface area contributed by atoms with E-state index in [2.05, 4.69) is 0 Å². The molecular formula is C13H16O3. The van der Waals surface area contributed by atoms with E-state index in [9.17, 15) is 4.79 Å². The molecule has 2 rings (SSSR count). The van der Waals surface area contributed by atoms with Crippen LogP contribution in [0.15, 0.2) is 36.1 Å². The van der Waals surface area contributed by atoms with Gasteiger partial charge >= 0.3 is 0 Å². The predicted molar refractivity (Wildman–Crippen MR) is 60.8 cm³/mol. The Morgan fingerprint density at radius 2 is 2.44 bits per heavy atom. The zero-order valence-corrected chi connectivity index (χ0v) is 9.39. The Bertz CT molecular complexity index is 346. The summed E-state index contributed by atoms with van der Waals surface area (Å²) in [5.74, 6) is -0.0615. The number of hydrogen-bond donors (Lipinski definition) is 0. The molecule has 2 atom stereocenters. The summed E-state index contributed by atoms with van der Waals surface area (Å²) in [7, 11) is 0. The smallest absolute Gasteiger partial charge is 0.166 e. The van der Waals surface area contributed by atoms with Gasteiger partial charge in [-0.05, 0) is 24.6 Å². The summed E-state index contributed by atoms with van der Waals surface area (Å²) in [5.41, 5.74) is 1.000. The minimum absolute atomic E-state index is 0.113. The number of carbonyl (C=O) groups is 1. The van der Waals surface area contributed by atoms with Crippen molar-refractivity contribution in [1.82, 2.24) is 0 Å². The normalized spacial score (nSPS) is 29.8. The van der Waals surface area contributed by atoms with Crippen LogP contribution in [0.1, 0.15) is 13.3 Å². The molecule has 1 heterocycles. The fraction of sp³-hybridized carbons (Fsp3) is 0.462. The molecule has 0 amide bonds. The molecular weight excluding hydrogens is 204 g/mol. The van der Waals surface area contributed by atoms with Crippen LogP contribution >= 0.6 is 0 Å². The number of ether oxygens (including phenoxy) is 2. The lowest BCUT2D eigenvalue weighted by atomic mass is 9.96. The van der Waals surface area contributed by atoms with E-state index < -0.39 is 0 Å². The lowest BCUT2D eigenvalue weighted by molar-refractivity contribution is -0.116. The van der Waals surface area contributed by atoms with Crippen molar-refractivity contribution in [3.63, 3.8) is 0 Å². The number of hydrogen-bond acceptors (Lipinski definition) is 3. The second kappa shape index (κ2) is 5.12. The van der Waals surface area contributed by atoms with Crippen molar-refractivity contribution in [2.24, 2.45) is 5.92 Å². The van der Waals surface area contributed by atoms with E-state index in [0.717, 1.165) is 18.6 Å². The molecule has 2 aliphatic rings. The van der Waals surface area contributed by atoms with Crippen LogP contribution in [-0.4, -0.2) is 25.1 Å². The molecule has 0 radical (unpaired) electrons. The van der Waals surface area contributed by atoms with Crippen molar-refractivity contribution in [2.75, 3.05) is 13.2 Å². The predicted octanol–water partition coefficient (Wildman–Crippen LogP) is 2.01. The highest BCUT2D eigenvalue weighted by molar-refractivity contribution is 5.96. The Kier molecular flexibility index (Phi) is 3.57. The first-order chi connectivity index (χ1) is 7.75. The lowest BCUT2D eigenvalue weighted by Gasteiger charge is -2.10. The maximum atomic E-state index is 11.6. The molecule has 1 saturated heterocycles. The third-order valence-corrected chi connectivity index (χ3v) is 2.71. The lowest BCUT2D eigenvalue weighted by Crippen LogP contribution is -2.12. The Morgan fingerprint density at radius 1 is 1.56 bits per heavy atom. The molecule has 1 fully saturated rings. The van der Waals surface area contributed by atoms with Crippen LogP contribution in [0.25, 0.3) is 0 Å². The van der Waals surface area contributed by atoms with Gasteiger partial charge in [-0.3, -0.25) is 4.79 Å². The molecule has 0 aromatic carbocycles. The Labute approximate surface area is 95.4 Å². The summed E-state index contributed by atoms with van der Waals surface area (Å²) < 4.78 is 10.7. The van der Waals surface area contributed by atoms with Crippen molar-refractivity contribution < 1.29 is 14.3 Å². The van der Waals surface area contributed by atoms with Gasteiger partial charge in [0.1, 0.15) is 6.10 Å². The molecule has 0 spiro atoms. The minimum Gasteiger partial charge on any atom is -0.496 e. The molecule has 16 heavy (non-hydrogen) atoms. The highest BCUT2D eigenvalue weighted by Gasteiger charge is 2.16. The van der Waals surface area contributed by atoms with Gasteiger partial charge in [-0.25, -0.2) is 0 Å².